The van der Waals surface area contributed by atoms with Crippen molar-refractivity contribution in [1.29, 1.82) is 0 Å². The van der Waals surface area contributed by atoms with E-state index in [0.29, 0.717) is 0 Å². The quantitative estimate of drug-likeness (QED) is 0.202. The molecule has 0 spiro atoms. The summed E-state index contributed by atoms with van der Waals surface area (Å²) in [6.45, 7) is 0.809. The summed E-state index contributed by atoms with van der Waals surface area (Å²) >= 11 is 1.87. The molecule has 1 N–H and O–H groups in total. The molecule has 3 nitrogen and oxygen atoms in total. The molecule has 0 amide bonds. The fourth-order valence-corrected chi connectivity index (χ4v) is 9.08. The Balaban J connectivity index is 0.982. The van der Waals surface area contributed by atoms with Gasteiger partial charge in [0.05, 0.1) is 17.8 Å². The summed E-state index contributed by atoms with van der Waals surface area (Å²) < 4.78 is 11.1. The van der Waals surface area contributed by atoms with Crippen LogP contribution in [0, 0.1) is 0 Å². The van der Waals surface area contributed by atoms with Crippen molar-refractivity contribution in [2.75, 3.05) is 0 Å². The van der Waals surface area contributed by atoms with Crippen LogP contribution in [-0.2, 0) is 6.54 Å². The Morgan fingerprint density at radius 1 is 0.490 bits per heavy atom. The van der Waals surface area contributed by atoms with Gasteiger partial charge in [0.25, 0.3) is 0 Å². The molecule has 4 heterocycles. The molecule has 3 aromatic heterocycles. The molecule has 0 fully saturated rings. The van der Waals surface area contributed by atoms with Gasteiger partial charge in [0.1, 0.15) is 11.2 Å². The zero-order valence-electron chi connectivity index (χ0n) is 27.6. The molecule has 0 bridgehead atoms. The molecule has 0 unspecified atom stereocenters. The second-order valence-electron chi connectivity index (χ2n) is 13.4. The van der Waals surface area contributed by atoms with Crippen LogP contribution in [0.1, 0.15) is 11.3 Å². The average molecular weight is 671 g/mol. The second kappa shape index (κ2) is 11.1. The molecule has 0 atom stereocenters. The summed E-state index contributed by atoms with van der Waals surface area (Å²) in [6.07, 6.45) is 4.26. The molecule has 7 aromatic carbocycles. The molecule has 0 aliphatic carbocycles. The summed E-state index contributed by atoms with van der Waals surface area (Å²) in [7, 11) is 0. The summed E-state index contributed by atoms with van der Waals surface area (Å²) in [5.74, 6) is 0. The van der Waals surface area contributed by atoms with Gasteiger partial charge < -0.3 is 14.3 Å². The molecular formula is C47H30N2OS. The molecule has 1 aliphatic heterocycles. The maximum atomic E-state index is 6.09. The number of fused-ring (bicyclic) bond motifs is 9. The average Bonchev–Trinajstić information content (AvgIpc) is 3.86. The molecule has 1 aliphatic rings. The van der Waals surface area contributed by atoms with E-state index in [1.54, 1.807) is 0 Å². The van der Waals surface area contributed by atoms with Crippen molar-refractivity contribution >= 4 is 70.4 Å². The fraction of sp³-hybridized carbons (Fsp3) is 0.0213. The van der Waals surface area contributed by atoms with Crippen molar-refractivity contribution in [1.82, 2.24) is 9.88 Å². The number of nitrogens with zero attached hydrogens (tertiary/aromatic N) is 1. The summed E-state index contributed by atoms with van der Waals surface area (Å²) in [5.41, 5.74) is 14.1. The third kappa shape index (κ3) is 4.50. The largest absolute Gasteiger partial charge is 0.456 e. The van der Waals surface area contributed by atoms with Crippen molar-refractivity contribution in [2.24, 2.45) is 0 Å². The van der Waals surface area contributed by atoms with E-state index in [0.717, 1.165) is 28.5 Å². The van der Waals surface area contributed by atoms with Gasteiger partial charge in [-0.2, -0.15) is 0 Å². The van der Waals surface area contributed by atoms with E-state index in [1.165, 1.54) is 81.4 Å². The predicted molar refractivity (Wildman–Crippen MR) is 216 cm³/mol. The van der Waals surface area contributed by atoms with Gasteiger partial charge >= 0.3 is 0 Å². The zero-order valence-corrected chi connectivity index (χ0v) is 28.4. The van der Waals surface area contributed by atoms with Crippen molar-refractivity contribution in [3.05, 3.63) is 169 Å². The highest BCUT2D eigenvalue weighted by atomic mass is 32.1. The predicted octanol–water partition coefficient (Wildman–Crippen LogP) is 13.0. The summed E-state index contributed by atoms with van der Waals surface area (Å²) in [6, 6.07) is 55.2. The minimum atomic E-state index is 0.809. The maximum absolute atomic E-state index is 6.09. The first-order valence-corrected chi connectivity index (χ1v) is 18.2. The number of nitrogens with one attached hydrogen (secondary N) is 1. The normalized spacial score (nSPS) is 12.7. The van der Waals surface area contributed by atoms with Crippen LogP contribution in [0.15, 0.2) is 162 Å². The molecule has 51 heavy (non-hydrogen) atoms. The van der Waals surface area contributed by atoms with Gasteiger partial charge in [0.15, 0.2) is 0 Å². The van der Waals surface area contributed by atoms with E-state index in [-0.39, 0.29) is 0 Å². The third-order valence-electron chi connectivity index (χ3n) is 10.5. The first-order chi connectivity index (χ1) is 25.2. The minimum Gasteiger partial charge on any atom is -0.456 e. The van der Waals surface area contributed by atoms with Gasteiger partial charge in [-0.1, -0.05) is 84.9 Å². The van der Waals surface area contributed by atoms with Gasteiger partial charge in [0, 0.05) is 47.6 Å². The molecule has 11 rings (SSSR count). The fourth-order valence-electron chi connectivity index (χ4n) is 8.02. The number of furan rings is 1. The Kier molecular flexibility index (Phi) is 6.18. The molecule has 0 radical (unpaired) electrons. The van der Waals surface area contributed by atoms with Gasteiger partial charge in [-0.25, -0.2) is 0 Å². The SMILES string of the molecule is C1=Cc2c(n(-c3ccc4sc5ccc(-c6cccc(-c7cccc(-c8ccc9oc%10ccccc%10c9c8)c7)c6)cc5c4c3)c3ccccc23)CN1. The molecule has 0 saturated carbocycles. The van der Waals surface area contributed by atoms with Gasteiger partial charge in [-0.05, 0) is 112 Å². The van der Waals surface area contributed by atoms with Crippen LogP contribution >= 0.6 is 11.3 Å². The number of aromatic nitrogens is 1. The Hall–Kier alpha value is -6.36. The van der Waals surface area contributed by atoms with Gasteiger partial charge in [0.2, 0.25) is 0 Å². The van der Waals surface area contributed by atoms with Crippen molar-refractivity contribution in [3.63, 3.8) is 0 Å². The Morgan fingerprint density at radius 3 is 1.88 bits per heavy atom. The lowest BCUT2D eigenvalue weighted by atomic mass is 9.95. The number of para-hydroxylation sites is 2. The highest BCUT2D eigenvalue weighted by Gasteiger charge is 2.19. The standard InChI is InChI=1S/C47H30N2OS/c1-3-13-42-36(11-1)37-21-22-48-28-43(37)49(42)35-17-20-47-41(27-35)40-26-34(16-19-46(40)51-47)32-10-6-8-30(24-32)29-7-5-9-31(23-29)33-15-18-45-39(25-33)38-12-2-4-14-44(38)50-45/h1-27,48H,28H2. The first kappa shape index (κ1) is 28.5. The van der Waals surface area contributed by atoms with Crippen LogP contribution < -0.4 is 5.32 Å². The first-order valence-electron chi connectivity index (χ1n) is 17.4. The van der Waals surface area contributed by atoms with E-state index in [2.05, 4.69) is 162 Å². The Morgan fingerprint density at radius 2 is 1.10 bits per heavy atom. The number of thiophene rings is 1. The van der Waals surface area contributed by atoms with Crippen LogP contribution in [0.3, 0.4) is 0 Å². The Bertz CT molecular complexity index is 3050. The van der Waals surface area contributed by atoms with Crippen molar-refractivity contribution in [2.45, 2.75) is 6.54 Å². The topological polar surface area (TPSA) is 30.1 Å². The van der Waals surface area contributed by atoms with E-state index in [1.807, 2.05) is 23.5 Å². The van der Waals surface area contributed by atoms with E-state index in [4.69, 9.17) is 4.42 Å². The van der Waals surface area contributed by atoms with Crippen LogP contribution in [0.5, 0.6) is 0 Å². The third-order valence-corrected chi connectivity index (χ3v) is 11.6. The van der Waals surface area contributed by atoms with Crippen LogP contribution in [0.25, 0.3) is 98.2 Å². The van der Waals surface area contributed by atoms with E-state index in [9.17, 15) is 0 Å². The molecule has 4 heteroatoms. The highest BCUT2D eigenvalue weighted by Crippen LogP contribution is 2.40. The zero-order chi connectivity index (χ0) is 33.5. The molecule has 240 valence electrons. The lowest BCUT2D eigenvalue weighted by molar-refractivity contribution is 0.669. The van der Waals surface area contributed by atoms with Crippen LogP contribution in [0.4, 0.5) is 0 Å². The van der Waals surface area contributed by atoms with Gasteiger partial charge in [-0.15, -0.1) is 11.3 Å². The molecule has 0 saturated heterocycles. The Labute approximate surface area is 298 Å². The van der Waals surface area contributed by atoms with Crippen molar-refractivity contribution < 1.29 is 4.42 Å². The lowest BCUT2D eigenvalue weighted by Crippen LogP contribution is -2.13. The van der Waals surface area contributed by atoms with E-state index >= 15 is 0 Å². The number of hydrogen-bond donors (Lipinski definition) is 1. The number of benzene rings is 7. The number of rotatable bonds is 4. The summed E-state index contributed by atoms with van der Waals surface area (Å²) in [4.78, 5) is 0. The maximum Gasteiger partial charge on any atom is 0.135 e. The lowest BCUT2D eigenvalue weighted by Gasteiger charge is -2.14. The summed E-state index contributed by atoms with van der Waals surface area (Å²) in [5, 5.41) is 9.62. The number of hydrogen-bond acceptors (Lipinski definition) is 3. The van der Waals surface area contributed by atoms with Crippen LogP contribution in [0.2, 0.25) is 0 Å². The smallest absolute Gasteiger partial charge is 0.135 e. The monoisotopic (exact) mass is 670 g/mol. The molecule has 10 aromatic rings. The molecular weight excluding hydrogens is 641 g/mol. The van der Waals surface area contributed by atoms with Crippen molar-refractivity contribution in [3.8, 4) is 39.1 Å². The van der Waals surface area contributed by atoms with E-state index < -0.39 is 0 Å². The minimum absolute atomic E-state index is 0.809. The highest BCUT2D eigenvalue weighted by molar-refractivity contribution is 7.25. The van der Waals surface area contributed by atoms with Gasteiger partial charge in [-0.3, -0.25) is 0 Å². The van der Waals surface area contributed by atoms with Crippen LogP contribution in [-0.4, -0.2) is 4.57 Å². The second-order valence-corrected chi connectivity index (χ2v) is 14.5.